The maximum atomic E-state index is 13.0. The first-order valence-corrected chi connectivity index (χ1v) is 10.9. The molecule has 0 amide bonds. The number of imidazole rings is 1. The first kappa shape index (κ1) is 20.8. The van der Waals surface area contributed by atoms with E-state index in [0.29, 0.717) is 28.5 Å². The Kier molecular flexibility index (Phi) is 5.08. The van der Waals surface area contributed by atoms with Crippen molar-refractivity contribution >= 4 is 28.0 Å². The molecule has 1 saturated carbocycles. The molecule has 5 rings (SSSR count). The third kappa shape index (κ3) is 3.92. The molecule has 3 N–H and O–H groups in total. The third-order valence-corrected chi connectivity index (χ3v) is 6.40. The predicted octanol–water partition coefficient (Wildman–Crippen LogP) is 4.65. The van der Waals surface area contributed by atoms with E-state index in [4.69, 9.17) is 0 Å². The molecule has 32 heavy (non-hydrogen) atoms. The second kappa shape index (κ2) is 7.81. The van der Waals surface area contributed by atoms with Crippen LogP contribution in [0.15, 0.2) is 30.6 Å². The van der Waals surface area contributed by atoms with Crippen LogP contribution in [0.4, 0.5) is 14.7 Å². The van der Waals surface area contributed by atoms with Crippen LogP contribution in [0.25, 0.3) is 33.2 Å². The summed E-state index contributed by atoms with van der Waals surface area (Å²) in [4.78, 5) is 16.7. The Bertz CT molecular complexity index is 1270. The number of benzene rings is 1. The minimum absolute atomic E-state index is 0.239. The van der Waals surface area contributed by atoms with E-state index in [1.807, 2.05) is 31.3 Å². The van der Waals surface area contributed by atoms with Crippen LogP contribution < -0.4 is 5.32 Å². The standard InChI is InChI=1S/C23H26F2N6O/c1-13-28-18-4-3-14(9-19(18)31(13)12-20(24)25)16-10-26-21-17(16)11-27-22(30-21)29-15-5-7-23(2,32)8-6-15/h3-4,9-11,15,20,32H,5-8,12H2,1-2H3,(H2,26,27,29,30). The van der Waals surface area contributed by atoms with Gasteiger partial charge in [0.25, 0.3) is 6.43 Å². The summed E-state index contributed by atoms with van der Waals surface area (Å²) in [5, 5.41) is 14.4. The van der Waals surface area contributed by atoms with Crippen LogP contribution in [-0.4, -0.2) is 47.7 Å². The van der Waals surface area contributed by atoms with Crippen molar-refractivity contribution in [3.05, 3.63) is 36.4 Å². The minimum atomic E-state index is -2.45. The number of nitrogens with zero attached hydrogens (tertiary/aromatic N) is 4. The van der Waals surface area contributed by atoms with Crippen LogP contribution in [0.3, 0.4) is 0 Å². The summed E-state index contributed by atoms with van der Waals surface area (Å²) >= 11 is 0. The highest BCUT2D eigenvalue weighted by molar-refractivity contribution is 5.95. The van der Waals surface area contributed by atoms with Gasteiger partial charge in [0.1, 0.15) is 11.5 Å². The monoisotopic (exact) mass is 440 g/mol. The van der Waals surface area contributed by atoms with E-state index < -0.39 is 12.0 Å². The fraction of sp³-hybridized carbons (Fsp3) is 0.435. The average molecular weight is 440 g/mol. The number of aliphatic hydroxyl groups is 1. The van der Waals surface area contributed by atoms with E-state index >= 15 is 0 Å². The molecule has 1 aliphatic rings. The van der Waals surface area contributed by atoms with Crippen LogP contribution in [0.5, 0.6) is 0 Å². The van der Waals surface area contributed by atoms with E-state index in [1.165, 1.54) is 0 Å². The number of hydrogen-bond donors (Lipinski definition) is 3. The fourth-order valence-corrected chi connectivity index (χ4v) is 4.56. The number of fused-ring (bicyclic) bond motifs is 2. The molecule has 1 fully saturated rings. The van der Waals surface area contributed by atoms with Crippen molar-refractivity contribution in [3.63, 3.8) is 0 Å². The van der Waals surface area contributed by atoms with E-state index in [0.717, 1.165) is 42.2 Å². The summed E-state index contributed by atoms with van der Waals surface area (Å²) in [6, 6.07) is 5.92. The summed E-state index contributed by atoms with van der Waals surface area (Å²) in [7, 11) is 0. The van der Waals surface area contributed by atoms with E-state index in [2.05, 4.69) is 25.3 Å². The van der Waals surface area contributed by atoms with Crippen molar-refractivity contribution in [1.82, 2.24) is 24.5 Å². The Hall–Kier alpha value is -3.07. The van der Waals surface area contributed by atoms with Crippen molar-refractivity contribution in [2.24, 2.45) is 0 Å². The first-order chi connectivity index (χ1) is 15.3. The number of nitrogens with one attached hydrogen (secondary N) is 2. The number of rotatable bonds is 5. The molecular weight excluding hydrogens is 414 g/mol. The average Bonchev–Trinajstić information content (AvgIpc) is 3.29. The number of aromatic amines is 1. The smallest absolute Gasteiger partial charge is 0.256 e. The Morgan fingerprint density at radius 3 is 2.81 bits per heavy atom. The number of aromatic nitrogens is 5. The highest BCUT2D eigenvalue weighted by atomic mass is 19.3. The van der Waals surface area contributed by atoms with E-state index in [-0.39, 0.29) is 12.6 Å². The Labute approximate surface area is 183 Å². The quantitative estimate of drug-likeness (QED) is 0.420. The number of halogens is 2. The van der Waals surface area contributed by atoms with Crippen LogP contribution in [0, 0.1) is 6.92 Å². The van der Waals surface area contributed by atoms with Crippen LogP contribution in [0.2, 0.25) is 0 Å². The molecule has 0 radical (unpaired) electrons. The van der Waals surface area contributed by atoms with E-state index in [1.54, 1.807) is 17.7 Å². The molecule has 3 aromatic heterocycles. The zero-order valence-corrected chi connectivity index (χ0v) is 18.1. The molecule has 0 unspecified atom stereocenters. The lowest BCUT2D eigenvalue weighted by Gasteiger charge is -2.33. The van der Waals surface area contributed by atoms with Gasteiger partial charge in [0.2, 0.25) is 5.95 Å². The van der Waals surface area contributed by atoms with Gasteiger partial charge in [0.05, 0.1) is 23.2 Å². The summed E-state index contributed by atoms with van der Waals surface area (Å²) in [5.74, 6) is 1.12. The molecule has 9 heteroatoms. The van der Waals surface area contributed by atoms with E-state index in [9.17, 15) is 13.9 Å². The lowest BCUT2D eigenvalue weighted by molar-refractivity contribution is 0.0195. The van der Waals surface area contributed by atoms with Crippen LogP contribution in [0.1, 0.15) is 38.4 Å². The molecule has 1 aliphatic carbocycles. The molecule has 0 saturated heterocycles. The number of alkyl halides is 2. The second-order valence-corrected chi connectivity index (χ2v) is 8.94. The predicted molar refractivity (Wildman–Crippen MR) is 120 cm³/mol. The molecule has 3 heterocycles. The van der Waals surface area contributed by atoms with Gasteiger partial charge in [0.15, 0.2) is 0 Å². The Morgan fingerprint density at radius 2 is 2.06 bits per heavy atom. The lowest BCUT2D eigenvalue weighted by Crippen LogP contribution is -2.36. The Balaban J connectivity index is 1.43. The van der Waals surface area contributed by atoms with Crippen molar-refractivity contribution in [2.75, 3.05) is 5.32 Å². The van der Waals surface area contributed by atoms with Crippen molar-refractivity contribution in [2.45, 2.75) is 64.1 Å². The highest BCUT2D eigenvalue weighted by Gasteiger charge is 2.29. The van der Waals surface area contributed by atoms with Crippen molar-refractivity contribution < 1.29 is 13.9 Å². The number of H-pyrrole nitrogens is 1. The largest absolute Gasteiger partial charge is 0.390 e. The SMILES string of the molecule is Cc1nc2ccc(-c3c[nH]c4nc(NC5CCC(C)(O)CC5)ncc34)cc2n1CC(F)F. The van der Waals surface area contributed by atoms with Crippen molar-refractivity contribution in [1.29, 1.82) is 0 Å². The normalized spacial score (nSPS) is 21.6. The molecule has 0 aliphatic heterocycles. The van der Waals surface area contributed by atoms with Gasteiger partial charge in [-0.25, -0.2) is 18.7 Å². The molecule has 4 aromatic rings. The molecule has 168 valence electrons. The van der Waals surface area contributed by atoms with Gasteiger partial charge in [0, 0.05) is 29.4 Å². The lowest BCUT2D eigenvalue weighted by atomic mass is 9.84. The van der Waals surface area contributed by atoms with Gasteiger partial charge in [-0.1, -0.05) is 6.07 Å². The summed E-state index contributed by atoms with van der Waals surface area (Å²) in [6.07, 6.45) is 4.45. The van der Waals surface area contributed by atoms with Crippen LogP contribution >= 0.6 is 0 Å². The maximum Gasteiger partial charge on any atom is 0.256 e. The minimum Gasteiger partial charge on any atom is -0.390 e. The second-order valence-electron chi connectivity index (χ2n) is 8.94. The fourth-order valence-electron chi connectivity index (χ4n) is 4.56. The first-order valence-electron chi connectivity index (χ1n) is 10.9. The van der Waals surface area contributed by atoms with Crippen molar-refractivity contribution in [3.8, 4) is 11.1 Å². The molecule has 7 nitrogen and oxygen atoms in total. The topological polar surface area (TPSA) is 91.7 Å². The molecule has 0 atom stereocenters. The number of hydrogen-bond acceptors (Lipinski definition) is 5. The molecule has 0 bridgehead atoms. The summed E-state index contributed by atoms with van der Waals surface area (Å²) < 4.78 is 27.6. The highest BCUT2D eigenvalue weighted by Crippen LogP contribution is 2.32. The molecule has 0 spiro atoms. The van der Waals surface area contributed by atoms with Gasteiger partial charge in [-0.05, 0) is 57.2 Å². The number of anilines is 1. The van der Waals surface area contributed by atoms with Gasteiger partial charge in [-0.3, -0.25) is 0 Å². The summed E-state index contributed by atoms with van der Waals surface area (Å²) in [6.45, 7) is 3.24. The maximum absolute atomic E-state index is 13.0. The zero-order chi connectivity index (χ0) is 22.5. The van der Waals surface area contributed by atoms with Crippen LogP contribution in [-0.2, 0) is 6.54 Å². The van der Waals surface area contributed by atoms with Gasteiger partial charge >= 0.3 is 0 Å². The van der Waals surface area contributed by atoms with Gasteiger partial charge in [-0.15, -0.1) is 0 Å². The third-order valence-electron chi connectivity index (χ3n) is 6.40. The van der Waals surface area contributed by atoms with Gasteiger partial charge < -0.3 is 20.0 Å². The zero-order valence-electron chi connectivity index (χ0n) is 18.1. The summed E-state index contributed by atoms with van der Waals surface area (Å²) in [5.41, 5.74) is 3.30. The number of aryl methyl sites for hydroxylation is 1. The Morgan fingerprint density at radius 1 is 1.28 bits per heavy atom. The van der Waals surface area contributed by atoms with Gasteiger partial charge in [-0.2, -0.15) is 4.98 Å². The molecule has 1 aromatic carbocycles. The molecular formula is C23H26F2N6O.